The van der Waals surface area contributed by atoms with Crippen LogP contribution in [-0.4, -0.2) is 63.9 Å². The van der Waals surface area contributed by atoms with Gasteiger partial charge >= 0.3 is 0 Å². The Kier molecular flexibility index (Phi) is 9.29. The van der Waals surface area contributed by atoms with Crippen LogP contribution in [0.5, 0.6) is 0 Å². The number of fused-ring (bicyclic) bond motifs is 6. The van der Waals surface area contributed by atoms with Gasteiger partial charge in [0, 0.05) is 25.0 Å². The Morgan fingerprint density at radius 3 is 1.64 bits per heavy atom. The number of hydrogen-bond donors (Lipinski definition) is 0. The lowest BCUT2D eigenvalue weighted by Crippen LogP contribution is -2.56. The predicted octanol–water partition coefficient (Wildman–Crippen LogP) is 7.77. The van der Waals surface area contributed by atoms with Gasteiger partial charge in [-0.15, -0.1) is 0 Å². The van der Waals surface area contributed by atoms with Crippen molar-refractivity contribution >= 4 is 0 Å². The molecule has 3 saturated heterocycles. The molecule has 14 atom stereocenters. The summed E-state index contributed by atoms with van der Waals surface area (Å²) in [4.78, 5) is 0. The van der Waals surface area contributed by atoms with E-state index in [1.807, 2.05) is 0 Å². The van der Waals surface area contributed by atoms with Crippen molar-refractivity contribution < 1.29 is 28.4 Å². The van der Waals surface area contributed by atoms with E-state index >= 15 is 0 Å². The van der Waals surface area contributed by atoms with Gasteiger partial charge in [-0.25, -0.2) is 0 Å². The quantitative estimate of drug-likeness (QED) is 0.311. The van der Waals surface area contributed by atoms with E-state index in [9.17, 15) is 0 Å². The van der Waals surface area contributed by atoms with Crippen molar-refractivity contribution in [1.29, 1.82) is 0 Å². The molecule has 0 spiro atoms. The Morgan fingerprint density at radius 1 is 0.378 bits per heavy atom. The molecular weight excluding hydrogens is 564 g/mol. The van der Waals surface area contributed by atoms with E-state index in [1.165, 1.54) is 103 Å². The van der Waals surface area contributed by atoms with Crippen LogP contribution in [0, 0.1) is 65.1 Å². The summed E-state index contributed by atoms with van der Waals surface area (Å²) in [6, 6.07) is 0. The summed E-state index contributed by atoms with van der Waals surface area (Å²) in [7, 11) is 0. The molecule has 6 saturated carbocycles. The maximum absolute atomic E-state index is 7.43. The normalized spacial score (nSPS) is 52.7. The first kappa shape index (κ1) is 30.8. The van der Waals surface area contributed by atoms with Crippen molar-refractivity contribution in [2.24, 2.45) is 65.1 Å². The molecule has 6 aliphatic carbocycles. The second-order valence-electron chi connectivity index (χ2n) is 17.6. The van der Waals surface area contributed by atoms with Crippen molar-refractivity contribution in [3.63, 3.8) is 0 Å². The van der Waals surface area contributed by atoms with Gasteiger partial charge in [0.25, 0.3) is 0 Å². The Hall–Kier alpha value is -0.240. The summed E-state index contributed by atoms with van der Waals surface area (Å²) in [5.41, 5.74) is 0. The van der Waals surface area contributed by atoms with Gasteiger partial charge in [0.2, 0.25) is 0 Å². The van der Waals surface area contributed by atoms with Gasteiger partial charge in [0.05, 0.1) is 38.1 Å². The highest BCUT2D eigenvalue weighted by Crippen LogP contribution is 2.54. The molecule has 45 heavy (non-hydrogen) atoms. The molecule has 0 aromatic carbocycles. The first-order chi connectivity index (χ1) is 22.2. The van der Waals surface area contributed by atoms with E-state index in [0.29, 0.717) is 35.5 Å². The Bertz CT molecular complexity index is 971. The molecule has 9 aliphatic rings. The first-order valence-corrected chi connectivity index (χ1v) is 20.0. The molecule has 6 bridgehead atoms. The summed E-state index contributed by atoms with van der Waals surface area (Å²) in [5.74, 6) is 7.55. The molecule has 0 aromatic rings. The van der Waals surface area contributed by atoms with E-state index in [4.69, 9.17) is 28.4 Å². The molecule has 0 N–H and O–H groups in total. The van der Waals surface area contributed by atoms with Gasteiger partial charge in [-0.2, -0.15) is 0 Å². The molecule has 6 nitrogen and oxygen atoms in total. The minimum Gasteiger partial charge on any atom is -0.376 e. The molecule has 14 unspecified atom stereocenters. The zero-order chi connectivity index (χ0) is 29.7. The third kappa shape index (κ3) is 6.33. The summed E-state index contributed by atoms with van der Waals surface area (Å²) in [5, 5.41) is 0. The van der Waals surface area contributed by atoms with Crippen molar-refractivity contribution in [2.45, 2.75) is 146 Å². The number of hydrogen-bond acceptors (Lipinski definition) is 6. The highest BCUT2D eigenvalue weighted by molar-refractivity contribution is 5.00. The van der Waals surface area contributed by atoms with Crippen LogP contribution in [0.4, 0.5) is 0 Å². The number of rotatable bonds is 5. The second kappa shape index (κ2) is 13.6. The minimum atomic E-state index is -0.0630. The van der Waals surface area contributed by atoms with Crippen LogP contribution in [-0.2, 0) is 28.4 Å². The Labute approximate surface area is 272 Å². The molecule has 3 heterocycles. The first-order valence-electron chi connectivity index (χ1n) is 20.0. The van der Waals surface area contributed by atoms with E-state index in [0.717, 1.165) is 75.5 Å². The van der Waals surface area contributed by atoms with E-state index in [-0.39, 0.29) is 30.9 Å². The fraction of sp³-hybridized carbons (Fsp3) is 1.00. The van der Waals surface area contributed by atoms with Crippen molar-refractivity contribution in [3.05, 3.63) is 0 Å². The van der Waals surface area contributed by atoms with Gasteiger partial charge in [-0.1, -0.05) is 57.8 Å². The molecular formula is C39H62O6. The Balaban J connectivity index is 0.930. The third-order valence-electron chi connectivity index (χ3n) is 14.9. The lowest BCUT2D eigenvalue weighted by atomic mass is 9.58. The number of ether oxygens (including phenoxy) is 6. The summed E-state index contributed by atoms with van der Waals surface area (Å²) in [6.45, 7) is 3.96. The molecule has 9 rings (SSSR count). The lowest BCUT2D eigenvalue weighted by molar-refractivity contribution is -0.244. The monoisotopic (exact) mass is 626 g/mol. The Morgan fingerprint density at radius 2 is 0.933 bits per heavy atom. The maximum atomic E-state index is 7.43. The fourth-order valence-electron chi connectivity index (χ4n) is 13.2. The summed E-state index contributed by atoms with van der Waals surface area (Å²) < 4.78 is 40.6. The maximum Gasteiger partial charge on any atom is 0.161 e. The molecule has 9 fully saturated rings. The smallest absolute Gasteiger partial charge is 0.161 e. The molecule has 0 amide bonds. The highest BCUT2D eigenvalue weighted by Gasteiger charge is 2.54. The van der Waals surface area contributed by atoms with Gasteiger partial charge in [-0.05, 0) is 111 Å². The fourth-order valence-corrected chi connectivity index (χ4v) is 13.2. The highest BCUT2D eigenvalue weighted by atomic mass is 16.7. The lowest BCUT2D eigenvalue weighted by Gasteiger charge is -2.53. The topological polar surface area (TPSA) is 55.4 Å². The second-order valence-corrected chi connectivity index (χ2v) is 17.6. The average molecular weight is 627 g/mol. The third-order valence-corrected chi connectivity index (χ3v) is 14.9. The molecule has 0 aromatic heterocycles. The standard InChI is InChI=1S/C39H62O6/c1-2-13-42-39(41-12-1)32-20-27-9-5-11-29(16-27)37(32)34-22-40-21-33(44-34)31-19-26-8-4-10-28(15-26)36(31)35-23-43-38(45-35)30-17-24-6-3-7-25(14-24)18-30/h24-39H,1-23H2. The average Bonchev–Trinajstić information content (AvgIpc) is 3.38. The van der Waals surface area contributed by atoms with Crippen molar-refractivity contribution in [1.82, 2.24) is 0 Å². The van der Waals surface area contributed by atoms with Gasteiger partial charge < -0.3 is 28.4 Å². The molecule has 6 heteroatoms. The zero-order valence-electron chi connectivity index (χ0n) is 28.0. The largest absolute Gasteiger partial charge is 0.376 e. The molecule has 0 radical (unpaired) electrons. The van der Waals surface area contributed by atoms with E-state index < -0.39 is 0 Å². The SMILES string of the molecule is C1CCOC(C2CC3CCCC(C3)C2C2COCC(C3CC4CCCC(C4)C3C3COC(C4CC5CCCC(C5)C4)O3)O2)OC1. The summed E-state index contributed by atoms with van der Waals surface area (Å²) in [6.07, 6.45) is 24.7. The van der Waals surface area contributed by atoms with Crippen LogP contribution in [0.2, 0.25) is 0 Å². The van der Waals surface area contributed by atoms with Crippen molar-refractivity contribution in [3.8, 4) is 0 Å². The van der Waals surface area contributed by atoms with Crippen molar-refractivity contribution in [2.75, 3.05) is 33.0 Å². The van der Waals surface area contributed by atoms with Crippen LogP contribution >= 0.6 is 0 Å². The van der Waals surface area contributed by atoms with E-state index in [1.54, 1.807) is 0 Å². The molecule has 3 aliphatic heterocycles. The van der Waals surface area contributed by atoms with Crippen LogP contribution in [0.15, 0.2) is 0 Å². The zero-order valence-corrected chi connectivity index (χ0v) is 28.0. The van der Waals surface area contributed by atoms with Crippen LogP contribution in [0.3, 0.4) is 0 Å². The van der Waals surface area contributed by atoms with Gasteiger partial charge in [-0.3, -0.25) is 0 Å². The summed E-state index contributed by atoms with van der Waals surface area (Å²) >= 11 is 0. The predicted molar refractivity (Wildman–Crippen MR) is 171 cm³/mol. The van der Waals surface area contributed by atoms with Gasteiger partial charge in [0.15, 0.2) is 12.6 Å². The van der Waals surface area contributed by atoms with Crippen LogP contribution in [0.1, 0.15) is 116 Å². The van der Waals surface area contributed by atoms with Crippen LogP contribution in [0.25, 0.3) is 0 Å². The van der Waals surface area contributed by atoms with E-state index in [2.05, 4.69) is 0 Å². The molecule has 254 valence electrons. The minimum absolute atomic E-state index is 0.0263. The van der Waals surface area contributed by atoms with Gasteiger partial charge in [0.1, 0.15) is 0 Å². The van der Waals surface area contributed by atoms with Crippen LogP contribution < -0.4 is 0 Å².